The van der Waals surface area contributed by atoms with Crippen LogP contribution in [0, 0.1) is 35.5 Å². The number of thiocarbonyl (C=S) groups is 1. The van der Waals surface area contributed by atoms with E-state index in [9.17, 15) is 15.3 Å². The molecule has 0 unspecified atom stereocenters. The van der Waals surface area contributed by atoms with E-state index in [0.29, 0.717) is 22.6 Å². The molecule has 0 aliphatic heterocycles. The molecule has 1 heterocycles. The summed E-state index contributed by atoms with van der Waals surface area (Å²) in [6.45, 7) is 1.67. The maximum atomic E-state index is 12.6. The number of nitrogens with two attached hydrogens (primary N) is 1. The molecule has 1 aromatic heterocycles. The highest BCUT2D eigenvalue weighted by Gasteiger charge is 2.31. The summed E-state index contributed by atoms with van der Waals surface area (Å²) in [7, 11) is 1.54. The second-order valence-electron chi connectivity index (χ2n) is 5.12. The summed E-state index contributed by atoms with van der Waals surface area (Å²) in [5.41, 5.74) is 6.52. The lowest BCUT2D eigenvalue weighted by molar-refractivity contribution is 0.414. The van der Waals surface area contributed by atoms with Crippen molar-refractivity contribution in [1.82, 2.24) is 9.78 Å². The van der Waals surface area contributed by atoms with Crippen molar-refractivity contribution in [1.29, 1.82) is 10.5 Å². The van der Waals surface area contributed by atoms with Crippen LogP contribution in [0.2, 0.25) is 0 Å². The van der Waals surface area contributed by atoms with Crippen LogP contribution < -0.4 is 16.0 Å². The summed E-state index contributed by atoms with van der Waals surface area (Å²) in [6, 6.07) is 10.8. The van der Waals surface area contributed by atoms with E-state index in [2.05, 4.69) is 5.10 Å². The van der Waals surface area contributed by atoms with Crippen molar-refractivity contribution in [2.45, 2.75) is 12.8 Å². The first-order valence-corrected chi connectivity index (χ1v) is 7.39. The van der Waals surface area contributed by atoms with Gasteiger partial charge in [0.2, 0.25) is 0 Å². The molecule has 122 valence electrons. The Bertz CT molecular complexity index is 885. The molecule has 1 atom stereocenters. The number of aromatic nitrogens is 2. The van der Waals surface area contributed by atoms with Gasteiger partial charge in [0.1, 0.15) is 11.7 Å². The van der Waals surface area contributed by atoms with Gasteiger partial charge in [-0.25, -0.2) is 0 Å². The lowest BCUT2D eigenvalue weighted by atomic mass is 9.82. The molecule has 24 heavy (non-hydrogen) atoms. The van der Waals surface area contributed by atoms with Crippen LogP contribution in [0.4, 0.5) is 0 Å². The van der Waals surface area contributed by atoms with E-state index >= 15 is 0 Å². The molecule has 7 nitrogen and oxygen atoms in total. The number of benzene rings is 1. The van der Waals surface area contributed by atoms with Crippen LogP contribution in [0.5, 0.6) is 5.75 Å². The average molecular weight is 341 g/mol. The zero-order valence-corrected chi connectivity index (χ0v) is 13.9. The van der Waals surface area contributed by atoms with Crippen molar-refractivity contribution in [3.8, 4) is 17.9 Å². The van der Waals surface area contributed by atoms with Crippen LogP contribution in [0.1, 0.15) is 22.7 Å². The molecule has 0 fully saturated rings. The van der Waals surface area contributed by atoms with Crippen molar-refractivity contribution in [3.63, 3.8) is 0 Å². The average Bonchev–Trinajstić information content (AvgIpc) is 2.88. The van der Waals surface area contributed by atoms with Gasteiger partial charge >= 0.3 is 0 Å². The fraction of sp³-hybridized carbons (Fsp3) is 0.250. The molecule has 0 aliphatic rings. The standard InChI is InChI=1S/C16H15N5O2S/c1-9-13(15(22)21(20-9)16(19)24)14(11(7-17)8-18)10-3-5-12(23-2)6-4-10/h3-6,11,14,20H,1-2H3,(H2,19,24)/t14-/m1/s1. The molecule has 0 saturated carbocycles. The van der Waals surface area contributed by atoms with E-state index in [1.165, 1.54) is 7.11 Å². The van der Waals surface area contributed by atoms with Crippen molar-refractivity contribution in [2.75, 3.05) is 7.11 Å². The lowest BCUT2D eigenvalue weighted by Gasteiger charge is -2.17. The third kappa shape index (κ3) is 3.00. The van der Waals surface area contributed by atoms with Crippen LogP contribution in [-0.4, -0.2) is 22.0 Å². The molecular weight excluding hydrogens is 326 g/mol. The number of H-pyrrole nitrogens is 1. The Morgan fingerprint density at radius 1 is 1.33 bits per heavy atom. The minimum absolute atomic E-state index is 0.131. The number of hydrogen-bond donors (Lipinski definition) is 2. The topological polar surface area (TPSA) is 121 Å². The second-order valence-corrected chi connectivity index (χ2v) is 5.53. The van der Waals surface area contributed by atoms with Gasteiger partial charge in [0.05, 0.1) is 19.2 Å². The molecule has 0 bridgehead atoms. The quantitative estimate of drug-likeness (QED) is 0.811. The van der Waals surface area contributed by atoms with Crippen LogP contribution in [0.3, 0.4) is 0 Å². The lowest BCUT2D eigenvalue weighted by Crippen LogP contribution is -2.32. The van der Waals surface area contributed by atoms with Gasteiger partial charge in [-0.3, -0.25) is 9.89 Å². The highest BCUT2D eigenvalue weighted by molar-refractivity contribution is 7.80. The van der Waals surface area contributed by atoms with Gasteiger partial charge in [-0.2, -0.15) is 15.2 Å². The molecule has 0 aliphatic carbocycles. The summed E-state index contributed by atoms with van der Waals surface area (Å²) >= 11 is 4.84. The number of aromatic amines is 1. The van der Waals surface area contributed by atoms with Crippen molar-refractivity contribution >= 4 is 17.3 Å². The van der Waals surface area contributed by atoms with Gasteiger partial charge < -0.3 is 10.5 Å². The monoisotopic (exact) mass is 341 g/mol. The van der Waals surface area contributed by atoms with Gasteiger partial charge in [0, 0.05) is 17.2 Å². The molecule has 8 heteroatoms. The molecule has 1 aromatic carbocycles. The zero-order chi connectivity index (χ0) is 17.9. The Labute approximate surface area is 143 Å². The molecule has 3 N–H and O–H groups in total. The maximum Gasteiger partial charge on any atom is 0.277 e. The Morgan fingerprint density at radius 2 is 1.92 bits per heavy atom. The number of nitriles is 2. The predicted molar refractivity (Wildman–Crippen MR) is 91.5 cm³/mol. The van der Waals surface area contributed by atoms with E-state index in [1.54, 1.807) is 31.2 Å². The fourth-order valence-electron chi connectivity index (χ4n) is 2.60. The van der Waals surface area contributed by atoms with Crippen LogP contribution >= 0.6 is 12.2 Å². The van der Waals surface area contributed by atoms with Crippen molar-refractivity contribution in [2.24, 2.45) is 11.7 Å². The first-order valence-electron chi connectivity index (χ1n) is 6.99. The minimum Gasteiger partial charge on any atom is -0.497 e. The predicted octanol–water partition coefficient (Wildman–Crippen LogP) is 1.38. The number of rotatable bonds is 4. The Hall–Kier alpha value is -3.10. The number of nitrogens with zero attached hydrogens (tertiary/aromatic N) is 3. The number of hydrogen-bond acceptors (Lipinski definition) is 5. The largest absolute Gasteiger partial charge is 0.497 e. The molecular formula is C16H15N5O2S. The minimum atomic E-state index is -1.04. The number of nitrogens with one attached hydrogen (secondary N) is 1. The number of aryl methyl sites for hydroxylation is 1. The van der Waals surface area contributed by atoms with Crippen molar-refractivity contribution in [3.05, 3.63) is 51.4 Å². The Kier molecular flexibility index (Phi) is 5.02. The Morgan fingerprint density at radius 3 is 2.33 bits per heavy atom. The molecule has 0 radical (unpaired) electrons. The van der Waals surface area contributed by atoms with Crippen LogP contribution in [-0.2, 0) is 0 Å². The van der Waals surface area contributed by atoms with Gasteiger partial charge in [-0.15, -0.1) is 0 Å². The normalized spacial score (nSPS) is 11.5. The smallest absolute Gasteiger partial charge is 0.277 e. The molecule has 2 aromatic rings. The summed E-state index contributed by atoms with van der Waals surface area (Å²) in [6.07, 6.45) is 0. The highest BCUT2D eigenvalue weighted by atomic mass is 32.1. The van der Waals surface area contributed by atoms with Gasteiger partial charge in [-0.05, 0) is 36.8 Å². The summed E-state index contributed by atoms with van der Waals surface area (Å²) in [5.74, 6) is -1.14. The summed E-state index contributed by atoms with van der Waals surface area (Å²) in [4.78, 5) is 12.6. The van der Waals surface area contributed by atoms with Crippen LogP contribution in [0.15, 0.2) is 29.1 Å². The summed E-state index contributed by atoms with van der Waals surface area (Å²) in [5, 5.41) is 21.4. The zero-order valence-electron chi connectivity index (χ0n) is 13.1. The molecule has 0 spiro atoms. The number of methoxy groups -OCH3 is 1. The van der Waals surface area contributed by atoms with E-state index in [0.717, 1.165) is 4.68 Å². The van der Waals surface area contributed by atoms with E-state index in [-0.39, 0.29) is 5.11 Å². The van der Waals surface area contributed by atoms with Crippen molar-refractivity contribution < 1.29 is 4.74 Å². The third-order valence-electron chi connectivity index (χ3n) is 3.73. The van der Waals surface area contributed by atoms with E-state index < -0.39 is 17.4 Å². The van der Waals surface area contributed by atoms with Gasteiger partial charge in [0.25, 0.3) is 5.56 Å². The third-order valence-corrected chi connectivity index (χ3v) is 3.92. The van der Waals surface area contributed by atoms with Gasteiger partial charge in [-0.1, -0.05) is 12.1 Å². The number of ether oxygens (including phenoxy) is 1. The second kappa shape index (κ2) is 6.99. The SMILES string of the molecule is COc1ccc([C@@H](c2c(C)[nH]n(C(N)=S)c2=O)C(C#N)C#N)cc1. The molecule has 0 saturated heterocycles. The first-order chi connectivity index (χ1) is 11.4. The van der Waals surface area contributed by atoms with Gasteiger partial charge in [0.15, 0.2) is 5.11 Å². The molecule has 2 rings (SSSR count). The highest BCUT2D eigenvalue weighted by Crippen LogP contribution is 2.32. The first kappa shape index (κ1) is 17.3. The Balaban J connectivity index is 2.69. The van der Waals surface area contributed by atoms with E-state index in [1.807, 2.05) is 12.1 Å². The maximum absolute atomic E-state index is 12.6. The van der Waals surface area contributed by atoms with E-state index in [4.69, 9.17) is 22.7 Å². The fourth-order valence-corrected chi connectivity index (χ4v) is 2.72. The summed E-state index contributed by atoms with van der Waals surface area (Å²) < 4.78 is 6.15. The molecule has 0 amide bonds. The van der Waals surface area contributed by atoms with Crippen LogP contribution in [0.25, 0.3) is 0 Å².